The number of imide groups is 1. The van der Waals surface area contributed by atoms with E-state index in [0.29, 0.717) is 11.1 Å². The molecule has 2 aromatic rings. The Morgan fingerprint density at radius 2 is 1.59 bits per heavy atom. The Labute approximate surface area is 201 Å². The fourth-order valence-electron chi connectivity index (χ4n) is 4.65. The van der Waals surface area contributed by atoms with Crippen molar-refractivity contribution >= 4 is 29.0 Å². The summed E-state index contributed by atoms with van der Waals surface area (Å²) >= 11 is 0.756. The summed E-state index contributed by atoms with van der Waals surface area (Å²) < 4.78 is 44.1. The summed E-state index contributed by atoms with van der Waals surface area (Å²) in [6, 6.07) is 8.33. The topological polar surface area (TPSA) is 55.4 Å². The summed E-state index contributed by atoms with van der Waals surface area (Å²) in [5, 5.41) is 1.70. The van der Waals surface area contributed by atoms with Gasteiger partial charge in [0.05, 0.1) is 4.91 Å². The van der Waals surface area contributed by atoms with Gasteiger partial charge < -0.3 is 4.74 Å². The molecule has 0 saturated carbocycles. The number of benzene rings is 2. The van der Waals surface area contributed by atoms with Crippen LogP contribution in [0.5, 0.6) is 5.75 Å². The first-order valence-electron chi connectivity index (χ1n) is 11.0. The Bertz CT molecular complexity index is 1230. The van der Waals surface area contributed by atoms with Crippen molar-refractivity contribution in [1.29, 1.82) is 0 Å². The van der Waals surface area contributed by atoms with Crippen LogP contribution in [-0.4, -0.2) is 17.5 Å². The normalized spacial score (nSPS) is 20.3. The van der Waals surface area contributed by atoms with E-state index in [0.717, 1.165) is 35.7 Å². The molecule has 4 rings (SSSR count). The predicted molar refractivity (Wildman–Crippen MR) is 128 cm³/mol. The summed E-state index contributed by atoms with van der Waals surface area (Å²) in [4.78, 5) is 23.6. The van der Waals surface area contributed by atoms with Crippen LogP contribution >= 0.6 is 11.8 Å². The summed E-state index contributed by atoms with van der Waals surface area (Å²) in [7, 11) is 0. The standard InChI is InChI=1S/C26H26F3NO3S/c1-14-10-18-19(25(4,5)9-8-24(18,2)3)13-16(14)17-11-15(6-7-20(17)33-26(27,28)29)12-21-22(31)30-23(32)34-21/h6-7,10-13H,8-9H2,1-5H3,(H,30,31,32). The number of nitrogens with one attached hydrogen (secondary N) is 1. The van der Waals surface area contributed by atoms with E-state index in [-0.39, 0.29) is 27.0 Å². The molecule has 0 radical (unpaired) electrons. The number of ether oxygens (including phenoxy) is 1. The molecule has 1 fully saturated rings. The first kappa shape index (κ1) is 24.4. The third-order valence-electron chi connectivity index (χ3n) is 6.66. The van der Waals surface area contributed by atoms with E-state index in [1.807, 2.05) is 13.0 Å². The van der Waals surface area contributed by atoms with Crippen molar-refractivity contribution in [1.82, 2.24) is 5.32 Å². The molecule has 1 saturated heterocycles. The van der Waals surface area contributed by atoms with Crippen LogP contribution in [0.25, 0.3) is 17.2 Å². The van der Waals surface area contributed by atoms with Gasteiger partial charge in [-0.25, -0.2) is 0 Å². The first-order valence-corrected chi connectivity index (χ1v) is 11.8. The highest BCUT2D eigenvalue weighted by Gasteiger charge is 2.38. The zero-order valence-corrected chi connectivity index (χ0v) is 20.5. The fourth-order valence-corrected chi connectivity index (χ4v) is 5.33. The van der Waals surface area contributed by atoms with Crippen LogP contribution in [0.4, 0.5) is 18.0 Å². The lowest BCUT2D eigenvalue weighted by Gasteiger charge is -2.42. The van der Waals surface area contributed by atoms with Gasteiger partial charge in [-0.15, -0.1) is 13.2 Å². The Hall–Kier alpha value is -2.74. The molecule has 1 N–H and O–H groups in total. The second kappa shape index (κ2) is 8.18. The van der Waals surface area contributed by atoms with Crippen LogP contribution < -0.4 is 10.1 Å². The van der Waals surface area contributed by atoms with Crippen LogP contribution in [0.3, 0.4) is 0 Å². The number of hydrogen-bond acceptors (Lipinski definition) is 4. The quantitative estimate of drug-likeness (QED) is 0.462. The maximum atomic E-state index is 13.2. The lowest BCUT2D eigenvalue weighted by molar-refractivity contribution is -0.274. The molecule has 180 valence electrons. The van der Waals surface area contributed by atoms with Gasteiger partial charge in [-0.3, -0.25) is 14.9 Å². The van der Waals surface area contributed by atoms with Gasteiger partial charge in [-0.05, 0) is 94.4 Å². The molecule has 2 aliphatic rings. The van der Waals surface area contributed by atoms with Gasteiger partial charge in [0, 0.05) is 5.56 Å². The van der Waals surface area contributed by atoms with Gasteiger partial charge in [-0.1, -0.05) is 39.8 Å². The maximum Gasteiger partial charge on any atom is 0.573 e. The highest BCUT2D eigenvalue weighted by Crippen LogP contribution is 2.48. The minimum atomic E-state index is -4.86. The first-order chi connectivity index (χ1) is 15.7. The van der Waals surface area contributed by atoms with Crippen molar-refractivity contribution in [3.05, 3.63) is 57.5 Å². The minimum absolute atomic E-state index is 0.0364. The number of hydrogen-bond donors (Lipinski definition) is 1. The zero-order valence-electron chi connectivity index (χ0n) is 19.6. The monoisotopic (exact) mass is 489 g/mol. The smallest absolute Gasteiger partial charge is 0.405 e. The third-order valence-corrected chi connectivity index (χ3v) is 7.47. The van der Waals surface area contributed by atoms with Gasteiger partial charge in [0.25, 0.3) is 11.1 Å². The highest BCUT2D eigenvalue weighted by molar-refractivity contribution is 8.18. The van der Waals surface area contributed by atoms with E-state index in [1.165, 1.54) is 23.8 Å². The van der Waals surface area contributed by atoms with Gasteiger partial charge in [-0.2, -0.15) is 0 Å². The van der Waals surface area contributed by atoms with E-state index >= 15 is 0 Å². The molecular weight excluding hydrogens is 463 g/mol. The third kappa shape index (κ3) is 4.73. The Morgan fingerprint density at radius 3 is 2.15 bits per heavy atom. The molecule has 1 aliphatic heterocycles. The molecule has 0 unspecified atom stereocenters. The number of carbonyl (C=O) groups excluding carboxylic acids is 2. The van der Waals surface area contributed by atoms with E-state index in [2.05, 4.69) is 43.8 Å². The Balaban J connectivity index is 1.91. The molecule has 1 aliphatic carbocycles. The number of carbonyl (C=O) groups is 2. The van der Waals surface area contributed by atoms with E-state index in [4.69, 9.17) is 0 Å². The van der Waals surface area contributed by atoms with Crippen LogP contribution in [-0.2, 0) is 15.6 Å². The summed E-state index contributed by atoms with van der Waals surface area (Å²) in [6.45, 7) is 10.6. The number of amides is 2. The average molecular weight is 490 g/mol. The van der Waals surface area contributed by atoms with E-state index in [1.54, 1.807) is 6.07 Å². The highest BCUT2D eigenvalue weighted by atomic mass is 32.2. The summed E-state index contributed by atoms with van der Waals surface area (Å²) in [5.41, 5.74) is 4.41. The van der Waals surface area contributed by atoms with Crippen LogP contribution in [0.15, 0.2) is 35.2 Å². The van der Waals surface area contributed by atoms with Crippen molar-refractivity contribution < 1.29 is 27.5 Å². The summed E-state index contributed by atoms with van der Waals surface area (Å²) in [6.07, 6.45) is -1.37. The molecule has 8 heteroatoms. The lowest BCUT2D eigenvalue weighted by atomic mass is 9.62. The SMILES string of the molecule is Cc1cc2c(cc1-c1cc(C=C3SC(=O)NC3=O)ccc1OC(F)(F)F)C(C)(C)CCC2(C)C. The number of thioether (sulfide) groups is 1. The molecule has 1 heterocycles. The maximum absolute atomic E-state index is 13.2. The molecule has 2 aromatic carbocycles. The van der Waals surface area contributed by atoms with Gasteiger partial charge in [0.1, 0.15) is 5.75 Å². The number of aryl methyl sites for hydroxylation is 1. The average Bonchev–Trinajstić information content (AvgIpc) is 3.02. The van der Waals surface area contributed by atoms with E-state index in [9.17, 15) is 22.8 Å². The molecule has 0 aromatic heterocycles. The molecular formula is C26H26F3NO3S. The second-order valence-electron chi connectivity index (χ2n) is 10.1. The van der Waals surface area contributed by atoms with Crippen molar-refractivity contribution in [2.45, 2.75) is 64.7 Å². The van der Waals surface area contributed by atoms with Gasteiger partial charge in [0.15, 0.2) is 0 Å². The van der Waals surface area contributed by atoms with Crippen LogP contribution in [0.2, 0.25) is 0 Å². The molecule has 2 amide bonds. The molecule has 0 atom stereocenters. The van der Waals surface area contributed by atoms with Crippen molar-refractivity contribution in [3.8, 4) is 16.9 Å². The van der Waals surface area contributed by atoms with Crippen molar-refractivity contribution in [3.63, 3.8) is 0 Å². The summed E-state index contributed by atoms with van der Waals surface area (Å²) in [5.74, 6) is -0.841. The number of rotatable bonds is 3. The molecule has 4 nitrogen and oxygen atoms in total. The molecule has 0 spiro atoms. The number of alkyl halides is 3. The van der Waals surface area contributed by atoms with Crippen LogP contribution in [0, 0.1) is 6.92 Å². The predicted octanol–water partition coefficient (Wildman–Crippen LogP) is 7.23. The van der Waals surface area contributed by atoms with Crippen molar-refractivity contribution in [2.24, 2.45) is 0 Å². The second-order valence-corrected chi connectivity index (χ2v) is 11.2. The lowest BCUT2D eigenvalue weighted by Crippen LogP contribution is -2.34. The van der Waals surface area contributed by atoms with Gasteiger partial charge >= 0.3 is 6.36 Å². The van der Waals surface area contributed by atoms with Gasteiger partial charge in [0.2, 0.25) is 0 Å². The number of halogens is 3. The Morgan fingerprint density at radius 1 is 0.971 bits per heavy atom. The van der Waals surface area contributed by atoms with Crippen molar-refractivity contribution in [2.75, 3.05) is 0 Å². The zero-order chi connectivity index (χ0) is 25.1. The Kier molecular flexibility index (Phi) is 5.87. The largest absolute Gasteiger partial charge is 0.573 e. The number of fused-ring (bicyclic) bond motifs is 1. The fraction of sp³-hybridized carbons (Fsp3) is 0.385. The molecule has 34 heavy (non-hydrogen) atoms. The van der Waals surface area contributed by atoms with Crippen LogP contribution in [0.1, 0.15) is 62.8 Å². The molecule has 0 bridgehead atoms. The minimum Gasteiger partial charge on any atom is -0.405 e. The van der Waals surface area contributed by atoms with E-state index < -0.39 is 17.5 Å².